The van der Waals surface area contributed by atoms with Crippen LogP contribution in [-0.2, 0) is 0 Å². The molecule has 1 unspecified atom stereocenters. The smallest absolute Gasteiger partial charge is 0.0223 e. The second kappa shape index (κ2) is 7.79. The Balaban J connectivity index is 1.49. The van der Waals surface area contributed by atoms with Crippen molar-refractivity contribution in [2.75, 3.05) is 26.2 Å². The van der Waals surface area contributed by atoms with E-state index < -0.39 is 0 Å². The first-order chi connectivity index (χ1) is 9.92. The third-order valence-corrected chi connectivity index (χ3v) is 6.02. The predicted molar refractivity (Wildman–Crippen MR) is 86.0 cm³/mol. The molecule has 2 heteroatoms. The van der Waals surface area contributed by atoms with Crippen molar-refractivity contribution in [2.45, 2.75) is 76.7 Å². The lowest BCUT2D eigenvalue weighted by molar-refractivity contribution is 0.100. The minimum atomic E-state index is 0.841. The van der Waals surface area contributed by atoms with E-state index in [9.17, 15) is 0 Å². The van der Waals surface area contributed by atoms with Crippen LogP contribution in [0.2, 0.25) is 0 Å². The van der Waals surface area contributed by atoms with Crippen molar-refractivity contribution in [2.24, 2.45) is 11.8 Å². The summed E-state index contributed by atoms with van der Waals surface area (Å²) in [6.45, 7) is 5.17. The zero-order valence-corrected chi connectivity index (χ0v) is 13.3. The first-order valence-corrected chi connectivity index (χ1v) is 9.36. The van der Waals surface area contributed by atoms with Crippen molar-refractivity contribution < 1.29 is 0 Å². The highest BCUT2D eigenvalue weighted by Gasteiger charge is 2.28. The lowest BCUT2D eigenvalue weighted by Crippen LogP contribution is -2.53. The van der Waals surface area contributed by atoms with Crippen molar-refractivity contribution >= 4 is 0 Å². The molecule has 0 bridgehead atoms. The molecule has 2 aliphatic carbocycles. The van der Waals surface area contributed by atoms with Crippen LogP contribution in [0, 0.1) is 11.8 Å². The average molecular weight is 278 g/mol. The Morgan fingerprint density at radius 3 is 2.15 bits per heavy atom. The number of nitrogens with one attached hydrogen (secondary N) is 1. The molecule has 2 nitrogen and oxygen atoms in total. The summed E-state index contributed by atoms with van der Waals surface area (Å²) in [5, 5.41) is 3.65. The van der Waals surface area contributed by atoms with Crippen molar-refractivity contribution in [1.29, 1.82) is 0 Å². The molecule has 1 aliphatic heterocycles. The van der Waals surface area contributed by atoms with E-state index in [2.05, 4.69) is 10.2 Å². The molecule has 3 fully saturated rings. The fourth-order valence-corrected chi connectivity index (χ4v) is 4.78. The molecule has 0 radical (unpaired) electrons. The van der Waals surface area contributed by atoms with E-state index in [1.807, 2.05) is 0 Å². The minimum Gasteiger partial charge on any atom is -0.314 e. The van der Waals surface area contributed by atoms with E-state index in [0.717, 1.165) is 17.9 Å². The molecule has 3 rings (SSSR count). The molecular weight excluding hydrogens is 244 g/mol. The first kappa shape index (κ1) is 14.8. The van der Waals surface area contributed by atoms with E-state index in [-0.39, 0.29) is 0 Å². The van der Waals surface area contributed by atoms with E-state index in [1.54, 1.807) is 0 Å². The summed E-state index contributed by atoms with van der Waals surface area (Å²) in [6.07, 6.45) is 16.4. The fourth-order valence-electron chi connectivity index (χ4n) is 4.78. The third-order valence-electron chi connectivity index (χ3n) is 6.02. The van der Waals surface area contributed by atoms with E-state index in [4.69, 9.17) is 0 Å². The highest BCUT2D eigenvalue weighted by molar-refractivity contribution is 4.84. The highest BCUT2D eigenvalue weighted by Crippen LogP contribution is 2.30. The summed E-state index contributed by atoms with van der Waals surface area (Å²) in [7, 11) is 0. The largest absolute Gasteiger partial charge is 0.314 e. The van der Waals surface area contributed by atoms with Gasteiger partial charge in [0.2, 0.25) is 0 Å². The van der Waals surface area contributed by atoms with Crippen LogP contribution in [0.3, 0.4) is 0 Å². The number of hydrogen-bond acceptors (Lipinski definition) is 2. The highest BCUT2D eigenvalue weighted by atomic mass is 15.2. The van der Waals surface area contributed by atoms with Gasteiger partial charge in [-0.05, 0) is 31.1 Å². The predicted octanol–water partition coefficient (Wildman–Crippen LogP) is 3.81. The minimum absolute atomic E-state index is 0.841. The van der Waals surface area contributed by atoms with Crippen LogP contribution in [0.4, 0.5) is 0 Å². The van der Waals surface area contributed by atoms with Gasteiger partial charge in [-0.3, -0.25) is 4.90 Å². The zero-order valence-electron chi connectivity index (χ0n) is 13.3. The van der Waals surface area contributed by atoms with Crippen molar-refractivity contribution in [3.05, 3.63) is 0 Å². The lowest BCUT2D eigenvalue weighted by Gasteiger charge is -2.41. The average Bonchev–Trinajstić information content (AvgIpc) is 2.51. The molecule has 1 atom stereocenters. The molecule has 1 saturated heterocycles. The topological polar surface area (TPSA) is 15.3 Å². The number of hydrogen-bond donors (Lipinski definition) is 1. The Kier molecular flexibility index (Phi) is 5.78. The van der Waals surface area contributed by atoms with Gasteiger partial charge in [-0.25, -0.2) is 0 Å². The fraction of sp³-hybridized carbons (Fsp3) is 1.00. The van der Waals surface area contributed by atoms with Crippen molar-refractivity contribution in [3.63, 3.8) is 0 Å². The standard InChI is InChI=1S/C18H34N2/c1-3-7-16(8-4-1)13-18-14-19-11-12-20(18)15-17-9-5-2-6-10-17/h16-19H,1-15H2. The summed E-state index contributed by atoms with van der Waals surface area (Å²) in [5.41, 5.74) is 0. The molecule has 0 aromatic carbocycles. The Bertz CT molecular complexity index is 239. The molecule has 0 spiro atoms. The quantitative estimate of drug-likeness (QED) is 0.841. The summed E-state index contributed by atoms with van der Waals surface area (Å²) in [4.78, 5) is 2.86. The van der Waals surface area contributed by atoms with Gasteiger partial charge in [-0.2, -0.15) is 0 Å². The zero-order chi connectivity index (χ0) is 13.6. The van der Waals surface area contributed by atoms with Gasteiger partial charge in [0, 0.05) is 32.2 Å². The molecule has 1 heterocycles. The maximum absolute atomic E-state index is 3.65. The van der Waals surface area contributed by atoms with Crippen LogP contribution in [0.25, 0.3) is 0 Å². The Morgan fingerprint density at radius 1 is 0.800 bits per heavy atom. The van der Waals surface area contributed by atoms with Crippen LogP contribution < -0.4 is 5.32 Å². The molecular formula is C18H34N2. The summed E-state index contributed by atoms with van der Waals surface area (Å²) in [6, 6.07) is 0.841. The van der Waals surface area contributed by atoms with Crippen LogP contribution in [-0.4, -0.2) is 37.1 Å². The number of piperazine rings is 1. The Labute approximate surface area is 125 Å². The van der Waals surface area contributed by atoms with Gasteiger partial charge in [0.25, 0.3) is 0 Å². The SMILES string of the molecule is C1CCC(CC2CNCCN2CC2CCCCC2)CC1. The number of rotatable bonds is 4. The van der Waals surface area contributed by atoms with Gasteiger partial charge < -0.3 is 5.32 Å². The monoisotopic (exact) mass is 278 g/mol. The van der Waals surface area contributed by atoms with Crippen LogP contribution in [0.1, 0.15) is 70.6 Å². The third kappa shape index (κ3) is 4.21. The van der Waals surface area contributed by atoms with Crippen molar-refractivity contribution in [1.82, 2.24) is 10.2 Å². The number of nitrogens with zero attached hydrogens (tertiary/aromatic N) is 1. The van der Waals surface area contributed by atoms with Crippen LogP contribution in [0.15, 0.2) is 0 Å². The van der Waals surface area contributed by atoms with E-state index in [0.29, 0.717) is 0 Å². The van der Waals surface area contributed by atoms with Gasteiger partial charge in [-0.1, -0.05) is 51.4 Å². The normalized spacial score (nSPS) is 31.5. The first-order valence-electron chi connectivity index (χ1n) is 9.36. The summed E-state index contributed by atoms with van der Waals surface area (Å²) < 4.78 is 0. The van der Waals surface area contributed by atoms with E-state index in [1.165, 1.54) is 96.8 Å². The summed E-state index contributed by atoms with van der Waals surface area (Å²) >= 11 is 0. The second-order valence-corrected chi connectivity index (χ2v) is 7.60. The molecule has 116 valence electrons. The molecule has 1 N–H and O–H groups in total. The van der Waals surface area contributed by atoms with Gasteiger partial charge in [-0.15, -0.1) is 0 Å². The molecule has 0 aromatic rings. The van der Waals surface area contributed by atoms with Gasteiger partial charge in [0.05, 0.1) is 0 Å². The lowest BCUT2D eigenvalue weighted by atomic mass is 9.83. The maximum atomic E-state index is 3.65. The van der Waals surface area contributed by atoms with E-state index >= 15 is 0 Å². The van der Waals surface area contributed by atoms with Gasteiger partial charge in [0.15, 0.2) is 0 Å². The van der Waals surface area contributed by atoms with Crippen LogP contribution in [0.5, 0.6) is 0 Å². The molecule has 3 aliphatic rings. The molecule has 20 heavy (non-hydrogen) atoms. The molecule has 2 saturated carbocycles. The van der Waals surface area contributed by atoms with Crippen molar-refractivity contribution in [3.8, 4) is 0 Å². The van der Waals surface area contributed by atoms with Gasteiger partial charge in [0.1, 0.15) is 0 Å². The molecule has 0 aromatic heterocycles. The van der Waals surface area contributed by atoms with Crippen LogP contribution >= 0.6 is 0 Å². The second-order valence-electron chi connectivity index (χ2n) is 7.60. The van der Waals surface area contributed by atoms with Gasteiger partial charge >= 0.3 is 0 Å². The molecule has 0 amide bonds. The Hall–Kier alpha value is -0.0800. The Morgan fingerprint density at radius 2 is 1.45 bits per heavy atom. The summed E-state index contributed by atoms with van der Waals surface area (Å²) in [5.74, 6) is 2.04. The maximum Gasteiger partial charge on any atom is 0.0223 e.